The van der Waals surface area contributed by atoms with Crippen molar-refractivity contribution < 1.29 is 9.53 Å². The number of carbonyl (C=O) groups excluding carboxylic acids is 1. The van der Waals surface area contributed by atoms with Crippen molar-refractivity contribution in [1.82, 2.24) is 15.3 Å². The van der Waals surface area contributed by atoms with Crippen LogP contribution in [-0.2, 0) is 11.2 Å². The highest BCUT2D eigenvalue weighted by atomic mass is 16.5. The highest BCUT2D eigenvalue weighted by Crippen LogP contribution is 2.26. The van der Waals surface area contributed by atoms with Crippen molar-refractivity contribution in [3.05, 3.63) is 53.9 Å². The van der Waals surface area contributed by atoms with Crippen LogP contribution in [0.25, 0.3) is 6.08 Å². The fourth-order valence-electron chi connectivity index (χ4n) is 3.41. The minimum Gasteiger partial charge on any atom is -0.493 e. The van der Waals surface area contributed by atoms with Gasteiger partial charge in [0.05, 0.1) is 6.61 Å². The van der Waals surface area contributed by atoms with Crippen molar-refractivity contribution in [2.45, 2.75) is 25.3 Å². The molecule has 3 heterocycles. The van der Waals surface area contributed by atoms with Gasteiger partial charge in [-0.2, -0.15) is 0 Å². The van der Waals surface area contributed by atoms with E-state index in [0.29, 0.717) is 0 Å². The van der Waals surface area contributed by atoms with E-state index in [9.17, 15) is 4.79 Å². The first-order chi connectivity index (χ1) is 12.8. The molecule has 1 fully saturated rings. The number of fused-ring (bicyclic) bond motifs is 1. The number of piperidine rings is 1. The van der Waals surface area contributed by atoms with Gasteiger partial charge in [0.15, 0.2) is 0 Å². The van der Waals surface area contributed by atoms with E-state index in [4.69, 9.17) is 4.74 Å². The molecule has 0 spiro atoms. The monoisotopic (exact) mass is 350 g/mol. The van der Waals surface area contributed by atoms with Gasteiger partial charge in [0, 0.05) is 44.0 Å². The summed E-state index contributed by atoms with van der Waals surface area (Å²) in [5.74, 6) is 1.68. The first-order valence-corrected chi connectivity index (χ1v) is 9.04. The lowest BCUT2D eigenvalue weighted by Crippen LogP contribution is -2.44. The molecule has 26 heavy (non-hydrogen) atoms. The van der Waals surface area contributed by atoms with Crippen LogP contribution in [0.3, 0.4) is 0 Å². The summed E-state index contributed by atoms with van der Waals surface area (Å²) in [5, 5.41) is 3.10. The molecule has 6 heteroatoms. The van der Waals surface area contributed by atoms with E-state index >= 15 is 0 Å². The largest absolute Gasteiger partial charge is 0.493 e. The summed E-state index contributed by atoms with van der Waals surface area (Å²) in [5.41, 5.74) is 2.24. The zero-order valence-electron chi connectivity index (χ0n) is 14.6. The molecule has 1 saturated heterocycles. The second kappa shape index (κ2) is 7.56. The average Bonchev–Trinajstić information content (AvgIpc) is 3.15. The number of anilines is 1. The van der Waals surface area contributed by atoms with Gasteiger partial charge in [-0.05, 0) is 48.2 Å². The first-order valence-electron chi connectivity index (χ1n) is 9.04. The second-order valence-corrected chi connectivity index (χ2v) is 6.62. The summed E-state index contributed by atoms with van der Waals surface area (Å²) in [6.45, 7) is 2.45. The maximum atomic E-state index is 12.2. The van der Waals surface area contributed by atoms with Crippen LogP contribution in [0.5, 0.6) is 5.75 Å². The van der Waals surface area contributed by atoms with Crippen LogP contribution in [0.4, 0.5) is 5.95 Å². The van der Waals surface area contributed by atoms with E-state index in [1.54, 1.807) is 18.5 Å². The Hall–Kier alpha value is -2.89. The number of hydrogen-bond acceptors (Lipinski definition) is 5. The minimum atomic E-state index is -0.0452. The van der Waals surface area contributed by atoms with Crippen LogP contribution < -0.4 is 15.0 Å². The molecule has 0 saturated carbocycles. The highest BCUT2D eigenvalue weighted by molar-refractivity contribution is 5.92. The van der Waals surface area contributed by atoms with Gasteiger partial charge in [-0.15, -0.1) is 0 Å². The normalized spacial score (nSPS) is 17.2. The molecule has 2 aliphatic rings. The van der Waals surface area contributed by atoms with Crippen molar-refractivity contribution in [1.29, 1.82) is 0 Å². The van der Waals surface area contributed by atoms with Gasteiger partial charge in [0.2, 0.25) is 11.9 Å². The van der Waals surface area contributed by atoms with E-state index in [2.05, 4.69) is 26.3 Å². The third-order valence-electron chi connectivity index (χ3n) is 4.82. The number of rotatable bonds is 4. The third kappa shape index (κ3) is 3.85. The van der Waals surface area contributed by atoms with Crippen LogP contribution in [0.15, 0.2) is 42.7 Å². The number of hydrogen-bond donors (Lipinski definition) is 1. The summed E-state index contributed by atoms with van der Waals surface area (Å²) < 4.78 is 5.50. The van der Waals surface area contributed by atoms with E-state index in [-0.39, 0.29) is 11.9 Å². The standard InChI is InChI=1S/C20H22N4O2/c25-19(5-3-15-2-4-18-16(14-15)8-13-26-18)23-17-6-11-24(12-7-17)20-21-9-1-10-22-20/h1-5,9-10,14,17H,6-8,11-13H2,(H,23,25)/b5-3+. The molecule has 2 aliphatic heterocycles. The number of nitrogens with zero attached hydrogens (tertiary/aromatic N) is 3. The number of nitrogens with one attached hydrogen (secondary N) is 1. The summed E-state index contributed by atoms with van der Waals surface area (Å²) >= 11 is 0. The molecule has 1 amide bonds. The van der Waals surface area contributed by atoms with Crippen molar-refractivity contribution in [2.75, 3.05) is 24.6 Å². The van der Waals surface area contributed by atoms with Gasteiger partial charge in [-0.25, -0.2) is 9.97 Å². The molecule has 0 atom stereocenters. The fraction of sp³-hybridized carbons (Fsp3) is 0.350. The van der Waals surface area contributed by atoms with Crippen LogP contribution in [0, 0.1) is 0 Å². The lowest BCUT2D eigenvalue weighted by atomic mass is 10.1. The molecule has 0 bridgehead atoms. The molecule has 0 unspecified atom stereocenters. The van der Waals surface area contributed by atoms with Crippen LogP contribution in [0.1, 0.15) is 24.0 Å². The molecule has 134 valence electrons. The highest BCUT2D eigenvalue weighted by Gasteiger charge is 2.21. The van der Waals surface area contributed by atoms with Crippen molar-refractivity contribution in [3.8, 4) is 5.75 Å². The van der Waals surface area contributed by atoms with E-state index < -0.39 is 0 Å². The summed E-state index contributed by atoms with van der Waals surface area (Å²) in [7, 11) is 0. The Bertz CT molecular complexity index is 799. The number of amides is 1. The molecule has 4 rings (SSSR count). The molecule has 1 aromatic carbocycles. The van der Waals surface area contributed by atoms with Crippen LogP contribution in [0.2, 0.25) is 0 Å². The van der Waals surface area contributed by atoms with Gasteiger partial charge >= 0.3 is 0 Å². The number of carbonyl (C=O) groups is 1. The number of ether oxygens (including phenoxy) is 1. The van der Waals surface area contributed by atoms with Crippen molar-refractivity contribution in [2.24, 2.45) is 0 Å². The molecule has 0 radical (unpaired) electrons. The van der Waals surface area contributed by atoms with E-state index in [1.165, 1.54) is 5.56 Å². The predicted octanol–water partition coefficient (Wildman–Crippen LogP) is 2.21. The van der Waals surface area contributed by atoms with Gasteiger partial charge in [-0.3, -0.25) is 4.79 Å². The van der Waals surface area contributed by atoms with Gasteiger partial charge in [0.25, 0.3) is 0 Å². The minimum absolute atomic E-state index is 0.0452. The molecule has 6 nitrogen and oxygen atoms in total. The Morgan fingerprint density at radius 1 is 1.23 bits per heavy atom. The number of benzene rings is 1. The Labute approximate surface area is 152 Å². The SMILES string of the molecule is O=C(/C=C/c1ccc2c(c1)CCO2)NC1CCN(c2ncccn2)CC1. The van der Waals surface area contributed by atoms with Crippen molar-refractivity contribution in [3.63, 3.8) is 0 Å². The Morgan fingerprint density at radius 2 is 2.04 bits per heavy atom. The van der Waals surface area contributed by atoms with E-state index in [1.807, 2.05) is 24.3 Å². The molecule has 0 aliphatic carbocycles. The van der Waals surface area contributed by atoms with Gasteiger partial charge < -0.3 is 15.0 Å². The second-order valence-electron chi connectivity index (χ2n) is 6.62. The number of aromatic nitrogens is 2. The van der Waals surface area contributed by atoms with Crippen LogP contribution >= 0.6 is 0 Å². The van der Waals surface area contributed by atoms with Gasteiger partial charge in [0.1, 0.15) is 5.75 Å². The maximum absolute atomic E-state index is 12.2. The summed E-state index contributed by atoms with van der Waals surface area (Å²) in [6, 6.07) is 8.05. The molecule has 2 aromatic rings. The zero-order chi connectivity index (χ0) is 17.8. The van der Waals surface area contributed by atoms with Gasteiger partial charge in [-0.1, -0.05) is 6.07 Å². The average molecular weight is 350 g/mol. The lowest BCUT2D eigenvalue weighted by Gasteiger charge is -2.32. The fourth-order valence-corrected chi connectivity index (χ4v) is 3.41. The Morgan fingerprint density at radius 3 is 2.85 bits per heavy atom. The van der Waals surface area contributed by atoms with E-state index in [0.717, 1.165) is 56.2 Å². The summed E-state index contributed by atoms with van der Waals surface area (Å²) in [4.78, 5) is 22.9. The quantitative estimate of drug-likeness (QED) is 0.857. The Balaban J connectivity index is 1.28. The third-order valence-corrected chi connectivity index (χ3v) is 4.82. The molecular formula is C20H22N4O2. The zero-order valence-corrected chi connectivity index (χ0v) is 14.6. The summed E-state index contributed by atoms with van der Waals surface area (Å²) in [6.07, 6.45) is 9.72. The smallest absolute Gasteiger partial charge is 0.244 e. The topological polar surface area (TPSA) is 67.3 Å². The molecule has 1 N–H and O–H groups in total. The Kier molecular flexibility index (Phi) is 4.82. The van der Waals surface area contributed by atoms with Crippen molar-refractivity contribution >= 4 is 17.9 Å². The molecular weight excluding hydrogens is 328 g/mol. The first kappa shape index (κ1) is 16.6. The van der Waals surface area contributed by atoms with Crippen LogP contribution in [-0.4, -0.2) is 41.6 Å². The maximum Gasteiger partial charge on any atom is 0.244 e. The lowest BCUT2D eigenvalue weighted by molar-refractivity contribution is -0.117. The predicted molar refractivity (Wildman–Crippen MR) is 100 cm³/mol. The molecule has 1 aromatic heterocycles.